The Morgan fingerprint density at radius 2 is 2.07 bits per heavy atom. The van der Waals surface area contributed by atoms with Crippen molar-refractivity contribution in [3.05, 3.63) is 24.0 Å². The fourth-order valence-corrected chi connectivity index (χ4v) is 4.14. The van der Waals surface area contributed by atoms with Crippen molar-refractivity contribution in [1.82, 2.24) is 0 Å². The highest BCUT2D eigenvalue weighted by atomic mass is 31.2. The second-order valence-electron chi connectivity index (χ2n) is 4.77. The zero-order valence-corrected chi connectivity index (χ0v) is 9.98. The summed E-state index contributed by atoms with van der Waals surface area (Å²) in [6.45, 7) is 5.58. The molecule has 0 bridgehead atoms. The molecule has 4 heteroatoms. The Labute approximate surface area is 88.8 Å². The molecule has 0 fully saturated rings. The Balaban J connectivity index is 2.68. The van der Waals surface area contributed by atoms with Crippen LogP contribution in [0.1, 0.15) is 20.8 Å². The van der Waals surface area contributed by atoms with Crippen molar-refractivity contribution in [1.29, 1.82) is 0 Å². The molecule has 0 saturated heterocycles. The van der Waals surface area contributed by atoms with Crippen molar-refractivity contribution >= 4 is 12.4 Å². The van der Waals surface area contributed by atoms with Crippen LogP contribution in [0, 0.1) is 5.82 Å². The number of fused-ring (bicyclic) bond motifs is 1. The van der Waals surface area contributed by atoms with Crippen LogP contribution in [-0.2, 0) is 4.57 Å². The van der Waals surface area contributed by atoms with E-state index in [2.05, 4.69) is 0 Å². The SMILES string of the molecule is CC(C)(C)[P@@]1(=O)COc2cccc(F)c21. The van der Waals surface area contributed by atoms with Gasteiger partial charge in [0.15, 0.2) is 7.14 Å². The zero-order valence-electron chi connectivity index (χ0n) is 9.08. The minimum absolute atomic E-state index is 0.118. The van der Waals surface area contributed by atoms with Gasteiger partial charge in [-0.2, -0.15) is 0 Å². The van der Waals surface area contributed by atoms with Gasteiger partial charge < -0.3 is 9.30 Å². The van der Waals surface area contributed by atoms with Gasteiger partial charge >= 0.3 is 0 Å². The smallest absolute Gasteiger partial charge is 0.162 e. The maximum atomic E-state index is 13.7. The van der Waals surface area contributed by atoms with Crippen LogP contribution in [0.2, 0.25) is 0 Å². The van der Waals surface area contributed by atoms with Crippen LogP contribution in [0.15, 0.2) is 18.2 Å². The third-order valence-electron chi connectivity index (χ3n) is 2.80. The molecule has 1 aliphatic rings. The lowest BCUT2D eigenvalue weighted by atomic mass is 10.3. The Bertz CT molecular complexity index is 448. The molecular formula is C11H14FO2P. The molecule has 0 aliphatic carbocycles. The molecule has 2 rings (SSSR count). The van der Waals surface area contributed by atoms with Crippen LogP contribution in [0.25, 0.3) is 0 Å². The Hall–Kier alpha value is -0.820. The lowest BCUT2D eigenvalue weighted by Gasteiger charge is -2.26. The minimum Gasteiger partial charge on any atom is -0.485 e. The molecule has 0 spiro atoms. The number of hydrogen-bond acceptors (Lipinski definition) is 2. The Kier molecular flexibility index (Phi) is 2.20. The fourth-order valence-electron chi connectivity index (χ4n) is 1.72. The third kappa shape index (κ3) is 1.41. The van der Waals surface area contributed by atoms with E-state index in [1.54, 1.807) is 12.1 Å². The van der Waals surface area contributed by atoms with E-state index in [-0.39, 0.29) is 11.7 Å². The maximum absolute atomic E-state index is 13.7. The first-order chi connectivity index (χ1) is 6.86. The molecule has 0 N–H and O–H groups in total. The van der Waals surface area contributed by atoms with Gasteiger partial charge in [-0.1, -0.05) is 26.8 Å². The van der Waals surface area contributed by atoms with Gasteiger partial charge in [0, 0.05) is 5.16 Å². The second kappa shape index (κ2) is 3.08. The van der Waals surface area contributed by atoms with Gasteiger partial charge in [0.25, 0.3) is 0 Å². The summed E-state index contributed by atoms with van der Waals surface area (Å²) < 4.78 is 31.7. The highest BCUT2D eigenvalue weighted by molar-refractivity contribution is 7.73. The Morgan fingerprint density at radius 3 is 2.67 bits per heavy atom. The predicted molar refractivity (Wildman–Crippen MR) is 58.9 cm³/mol. The van der Waals surface area contributed by atoms with Gasteiger partial charge in [-0.15, -0.1) is 0 Å². The summed E-state index contributed by atoms with van der Waals surface area (Å²) in [6, 6.07) is 4.59. The Morgan fingerprint density at radius 1 is 1.40 bits per heavy atom. The lowest BCUT2D eigenvalue weighted by molar-refractivity contribution is 0.389. The van der Waals surface area contributed by atoms with Gasteiger partial charge in [-0.05, 0) is 12.1 Å². The van der Waals surface area contributed by atoms with Crippen LogP contribution in [0.5, 0.6) is 5.75 Å². The first kappa shape index (κ1) is 10.7. The van der Waals surface area contributed by atoms with Crippen LogP contribution < -0.4 is 10.0 Å². The largest absolute Gasteiger partial charge is 0.485 e. The molecule has 15 heavy (non-hydrogen) atoms. The molecular weight excluding hydrogens is 214 g/mol. The van der Waals surface area contributed by atoms with Crippen molar-refractivity contribution in [3.8, 4) is 5.75 Å². The third-order valence-corrected chi connectivity index (χ3v) is 6.61. The number of ether oxygens (including phenoxy) is 1. The van der Waals surface area contributed by atoms with Gasteiger partial charge in [0.2, 0.25) is 0 Å². The zero-order chi connectivity index (χ0) is 11.3. The monoisotopic (exact) mass is 228 g/mol. The summed E-state index contributed by atoms with van der Waals surface area (Å²) in [4.78, 5) is 0. The van der Waals surface area contributed by atoms with Crippen molar-refractivity contribution < 1.29 is 13.7 Å². The molecule has 1 atom stereocenters. The minimum atomic E-state index is -2.78. The van der Waals surface area contributed by atoms with E-state index in [0.29, 0.717) is 5.75 Å². The van der Waals surface area contributed by atoms with E-state index >= 15 is 0 Å². The molecule has 1 aromatic carbocycles. The maximum Gasteiger partial charge on any atom is 0.162 e. The quantitative estimate of drug-likeness (QED) is 0.638. The standard InChI is InChI=1S/C11H14FO2P/c1-11(2,3)15(13)7-14-9-6-4-5-8(12)10(9)15/h4-6H,7H2,1-3H3/t15-/m1/s1. The van der Waals surface area contributed by atoms with E-state index in [0.717, 1.165) is 0 Å². The topological polar surface area (TPSA) is 26.3 Å². The average molecular weight is 228 g/mol. The molecule has 0 aromatic heterocycles. The van der Waals surface area contributed by atoms with Gasteiger partial charge in [-0.25, -0.2) is 4.39 Å². The van der Waals surface area contributed by atoms with E-state index < -0.39 is 18.1 Å². The van der Waals surface area contributed by atoms with E-state index in [4.69, 9.17) is 4.74 Å². The highest BCUT2D eigenvalue weighted by Gasteiger charge is 2.46. The molecule has 0 amide bonds. The normalized spacial score (nSPS) is 24.8. The number of halogens is 1. The van der Waals surface area contributed by atoms with E-state index in [9.17, 15) is 8.96 Å². The molecule has 0 unspecified atom stereocenters. The summed E-state index contributed by atoms with van der Waals surface area (Å²) in [5.74, 6) is 0.0246. The summed E-state index contributed by atoms with van der Waals surface area (Å²) in [5.41, 5.74) is 0. The molecule has 82 valence electrons. The van der Waals surface area contributed by atoms with E-state index in [1.807, 2.05) is 20.8 Å². The predicted octanol–water partition coefficient (Wildman–Crippen LogP) is 2.96. The summed E-state index contributed by atoms with van der Waals surface area (Å²) >= 11 is 0. The summed E-state index contributed by atoms with van der Waals surface area (Å²) in [5, 5.41) is -0.169. The lowest BCUT2D eigenvalue weighted by Crippen LogP contribution is -2.23. The number of rotatable bonds is 0. The molecule has 1 heterocycles. The van der Waals surface area contributed by atoms with Crippen molar-refractivity contribution in [2.24, 2.45) is 0 Å². The molecule has 0 radical (unpaired) electrons. The first-order valence-electron chi connectivity index (χ1n) is 4.87. The number of hydrogen-bond donors (Lipinski definition) is 0. The van der Waals surface area contributed by atoms with Crippen LogP contribution in [0.4, 0.5) is 4.39 Å². The molecule has 1 aromatic rings. The van der Waals surface area contributed by atoms with Gasteiger partial charge in [0.05, 0.1) is 5.30 Å². The van der Waals surface area contributed by atoms with Crippen LogP contribution in [-0.4, -0.2) is 11.5 Å². The molecule has 0 saturated carbocycles. The van der Waals surface area contributed by atoms with E-state index in [1.165, 1.54) is 6.07 Å². The van der Waals surface area contributed by atoms with Crippen LogP contribution in [0.3, 0.4) is 0 Å². The summed E-state index contributed by atoms with van der Waals surface area (Å²) in [7, 11) is -2.78. The highest BCUT2D eigenvalue weighted by Crippen LogP contribution is 2.61. The fraction of sp³-hybridized carbons (Fsp3) is 0.455. The van der Waals surface area contributed by atoms with Crippen molar-refractivity contribution in [2.75, 3.05) is 6.35 Å². The van der Waals surface area contributed by atoms with Gasteiger partial charge in [-0.3, -0.25) is 0 Å². The van der Waals surface area contributed by atoms with Crippen molar-refractivity contribution in [2.45, 2.75) is 25.9 Å². The average Bonchev–Trinajstić information content (AvgIpc) is 2.45. The van der Waals surface area contributed by atoms with Crippen molar-refractivity contribution in [3.63, 3.8) is 0 Å². The summed E-state index contributed by atoms with van der Waals surface area (Å²) in [6.07, 6.45) is 0.118. The molecule has 1 aliphatic heterocycles. The number of benzene rings is 1. The second-order valence-corrected chi connectivity index (χ2v) is 8.30. The van der Waals surface area contributed by atoms with Crippen LogP contribution >= 0.6 is 7.14 Å². The molecule has 2 nitrogen and oxygen atoms in total. The van der Waals surface area contributed by atoms with Gasteiger partial charge in [0.1, 0.15) is 17.9 Å². The first-order valence-corrected chi connectivity index (χ1v) is 6.76.